The van der Waals surface area contributed by atoms with Crippen LogP contribution in [0.25, 0.3) is 0 Å². The van der Waals surface area contributed by atoms with Crippen LogP contribution in [0.15, 0.2) is 36.5 Å². The smallest absolute Gasteiger partial charge is 0.457 e. The molecule has 0 fully saturated rings. The highest BCUT2D eigenvalue weighted by molar-refractivity contribution is 7.47. The van der Waals surface area contributed by atoms with Crippen LogP contribution in [0.4, 0.5) is 0 Å². The van der Waals surface area contributed by atoms with E-state index in [4.69, 9.17) is 24.3 Å². The third kappa shape index (κ3) is 43.8. The van der Waals surface area contributed by atoms with Gasteiger partial charge < -0.3 is 20.1 Å². The summed E-state index contributed by atoms with van der Waals surface area (Å²) < 4.78 is 33.5. The Hall–Kier alpha value is -1.28. The molecule has 0 heterocycles. The highest BCUT2D eigenvalue weighted by Crippen LogP contribution is 2.43. The molecule has 330 valence electrons. The van der Waals surface area contributed by atoms with Crippen molar-refractivity contribution in [2.75, 3.05) is 33.0 Å². The highest BCUT2D eigenvalue weighted by Gasteiger charge is 2.25. The third-order valence-corrected chi connectivity index (χ3v) is 11.0. The summed E-state index contributed by atoms with van der Waals surface area (Å²) in [4.78, 5) is 22.5. The van der Waals surface area contributed by atoms with E-state index in [0.29, 0.717) is 13.0 Å². The Balaban J connectivity index is 3.98. The molecule has 2 atom stereocenters. The molecule has 3 N–H and O–H groups in total. The molecule has 0 saturated carbocycles. The Bertz CT molecular complexity index is 957. The van der Waals surface area contributed by atoms with E-state index in [1.165, 1.54) is 161 Å². The molecule has 0 aliphatic rings. The average Bonchev–Trinajstić information content (AvgIpc) is 3.19. The van der Waals surface area contributed by atoms with E-state index in [2.05, 4.69) is 50.3 Å². The van der Waals surface area contributed by atoms with Crippen molar-refractivity contribution in [2.24, 2.45) is 5.73 Å². The van der Waals surface area contributed by atoms with Crippen molar-refractivity contribution in [3.8, 4) is 0 Å². The maximum atomic E-state index is 12.6. The number of hydrogen-bond donors (Lipinski definition) is 2. The average molecular weight is 812 g/mol. The van der Waals surface area contributed by atoms with E-state index >= 15 is 0 Å². The standard InChI is InChI=1S/C47H90NO7P/c1-3-5-7-9-11-13-15-17-19-21-22-23-25-27-29-31-33-35-37-39-42-52-44-46(45-54-56(50,51)53-43-41-48)55-47(49)40-38-36-34-32-30-28-26-24-20-18-16-14-12-10-8-6-4-2/h11,13,17-20,46H,3-10,12,14-16,21-45,48H2,1-2H3,(H,50,51)/b13-11-,19-17-,20-18-. The number of carbonyl (C=O) groups excluding carboxylic acids is 1. The zero-order chi connectivity index (χ0) is 40.9. The molecule has 9 heteroatoms. The maximum absolute atomic E-state index is 12.6. The molecule has 0 aromatic heterocycles. The van der Waals surface area contributed by atoms with Gasteiger partial charge in [-0.1, -0.05) is 179 Å². The fourth-order valence-corrected chi connectivity index (χ4v) is 7.32. The van der Waals surface area contributed by atoms with Crippen LogP contribution in [0.3, 0.4) is 0 Å². The Kier molecular flexibility index (Phi) is 43.8. The molecule has 0 aromatic rings. The largest absolute Gasteiger partial charge is 0.472 e. The zero-order valence-electron chi connectivity index (χ0n) is 36.6. The van der Waals surface area contributed by atoms with Crippen LogP contribution in [0, 0.1) is 0 Å². The normalized spacial score (nSPS) is 13.7. The van der Waals surface area contributed by atoms with Gasteiger partial charge in [0, 0.05) is 19.6 Å². The number of rotatable bonds is 45. The van der Waals surface area contributed by atoms with E-state index in [1.807, 2.05) is 0 Å². The topological polar surface area (TPSA) is 117 Å². The quantitative estimate of drug-likeness (QED) is 0.0270. The lowest BCUT2D eigenvalue weighted by molar-refractivity contribution is -0.154. The minimum Gasteiger partial charge on any atom is -0.457 e. The number of unbranched alkanes of at least 4 members (excludes halogenated alkanes) is 26. The number of esters is 1. The van der Waals surface area contributed by atoms with Crippen molar-refractivity contribution in [3.05, 3.63) is 36.5 Å². The number of phosphoric acid groups is 1. The van der Waals surface area contributed by atoms with Crippen molar-refractivity contribution in [3.63, 3.8) is 0 Å². The Morgan fingerprint density at radius 2 is 0.946 bits per heavy atom. The molecule has 0 saturated heterocycles. The lowest BCUT2D eigenvalue weighted by Crippen LogP contribution is -2.28. The van der Waals surface area contributed by atoms with Crippen LogP contribution in [-0.4, -0.2) is 49.9 Å². The van der Waals surface area contributed by atoms with E-state index in [-0.39, 0.29) is 32.3 Å². The van der Waals surface area contributed by atoms with Gasteiger partial charge in [-0.2, -0.15) is 0 Å². The summed E-state index contributed by atoms with van der Waals surface area (Å²) in [5.41, 5.74) is 5.38. The van der Waals surface area contributed by atoms with Crippen LogP contribution < -0.4 is 5.73 Å². The van der Waals surface area contributed by atoms with Gasteiger partial charge in [0.05, 0.1) is 19.8 Å². The fraction of sp³-hybridized carbons (Fsp3) is 0.851. The first-order chi connectivity index (χ1) is 27.4. The molecule has 0 amide bonds. The van der Waals surface area contributed by atoms with Gasteiger partial charge in [-0.15, -0.1) is 0 Å². The summed E-state index contributed by atoms with van der Waals surface area (Å²) in [6, 6.07) is 0. The first-order valence-electron chi connectivity index (χ1n) is 23.5. The predicted molar refractivity (Wildman–Crippen MR) is 238 cm³/mol. The summed E-state index contributed by atoms with van der Waals surface area (Å²) in [5, 5.41) is 0. The molecular formula is C47H90NO7P. The molecule has 0 aliphatic heterocycles. The predicted octanol–water partition coefficient (Wildman–Crippen LogP) is 14.2. The highest BCUT2D eigenvalue weighted by atomic mass is 31.2. The molecule has 0 spiro atoms. The summed E-state index contributed by atoms with van der Waals surface area (Å²) >= 11 is 0. The second-order valence-corrected chi connectivity index (χ2v) is 17.1. The van der Waals surface area contributed by atoms with Crippen molar-refractivity contribution >= 4 is 13.8 Å². The van der Waals surface area contributed by atoms with Crippen molar-refractivity contribution < 1.29 is 32.8 Å². The third-order valence-electron chi connectivity index (χ3n) is 10.0. The number of ether oxygens (including phenoxy) is 2. The summed E-state index contributed by atoms with van der Waals surface area (Å²) in [6.45, 7) is 4.91. The number of carbonyl (C=O) groups is 1. The molecule has 56 heavy (non-hydrogen) atoms. The van der Waals surface area contributed by atoms with E-state index in [0.717, 1.165) is 38.5 Å². The van der Waals surface area contributed by atoms with Gasteiger partial charge in [0.1, 0.15) is 6.10 Å². The second kappa shape index (κ2) is 44.8. The van der Waals surface area contributed by atoms with Crippen molar-refractivity contribution in [1.82, 2.24) is 0 Å². The van der Waals surface area contributed by atoms with Gasteiger partial charge in [0.25, 0.3) is 0 Å². The van der Waals surface area contributed by atoms with Gasteiger partial charge in [0.2, 0.25) is 0 Å². The molecule has 2 unspecified atom stereocenters. The number of phosphoric ester groups is 1. The molecule has 0 aromatic carbocycles. The lowest BCUT2D eigenvalue weighted by atomic mass is 10.1. The lowest BCUT2D eigenvalue weighted by Gasteiger charge is -2.20. The van der Waals surface area contributed by atoms with E-state index in [1.54, 1.807) is 0 Å². The molecule has 0 radical (unpaired) electrons. The van der Waals surface area contributed by atoms with Crippen LogP contribution in [0.1, 0.15) is 219 Å². The summed E-state index contributed by atoms with van der Waals surface area (Å²) in [6.07, 6.45) is 51.6. The van der Waals surface area contributed by atoms with E-state index in [9.17, 15) is 14.3 Å². The molecule has 0 rings (SSSR count). The first kappa shape index (κ1) is 54.7. The van der Waals surface area contributed by atoms with Gasteiger partial charge in [-0.25, -0.2) is 4.57 Å². The van der Waals surface area contributed by atoms with Gasteiger partial charge in [0.15, 0.2) is 0 Å². The fourth-order valence-electron chi connectivity index (χ4n) is 6.55. The molecule has 0 bridgehead atoms. The molecular weight excluding hydrogens is 721 g/mol. The van der Waals surface area contributed by atoms with Crippen LogP contribution >= 0.6 is 7.82 Å². The summed E-state index contributed by atoms with van der Waals surface area (Å²) in [5.74, 6) is -0.334. The van der Waals surface area contributed by atoms with Gasteiger partial charge >= 0.3 is 13.8 Å². The van der Waals surface area contributed by atoms with Gasteiger partial charge in [-0.05, 0) is 70.6 Å². The van der Waals surface area contributed by atoms with Crippen LogP contribution in [-0.2, 0) is 27.9 Å². The Morgan fingerprint density at radius 3 is 1.45 bits per heavy atom. The van der Waals surface area contributed by atoms with E-state index < -0.39 is 13.9 Å². The van der Waals surface area contributed by atoms with Crippen LogP contribution in [0.2, 0.25) is 0 Å². The minimum absolute atomic E-state index is 0.0966. The Morgan fingerprint density at radius 1 is 0.536 bits per heavy atom. The first-order valence-corrected chi connectivity index (χ1v) is 25.0. The number of allylic oxidation sites excluding steroid dienone is 6. The zero-order valence-corrected chi connectivity index (χ0v) is 37.5. The SMILES string of the molecule is CCCCC/C=C\C/C=C\CCCCCCCCCCCCOCC(COP(=O)(O)OCCN)OC(=O)CCCCCCCCC/C=C\CCCCCCCC. The Labute approximate surface area is 346 Å². The molecule has 8 nitrogen and oxygen atoms in total. The van der Waals surface area contributed by atoms with Crippen molar-refractivity contribution in [2.45, 2.75) is 225 Å². The molecule has 0 aliphatic carbocycles. The van der Waals surface area contributed by atoms with Crippen LogP contribution in [0.5, 0.6) is 0 Å². The van der Waals surface area contributed by atoms with Gasteiger partial charge in [-0.3, -0.25) is 13.8 Å². The number of nitrogens with two attached hydrogens (primary N) is 1. The maximum Gasteiger partial charge on any atom is 0.472 e. The second-order valence-electron chi connectivity index (χ2n) is 15.6. The minimum atomic E-state index is -4.28. The monoisotopic (exact) mass is 812 g/mol. The summed E-state index contributed by atoms with van der Waals surface area (Å²) in [7, 11) is -4.28. The van der Waals surface area contributed by atoms with Crippen molar-refractivity contribution in [1.29, 1.82) is 0 Å². The number of hydrogen-bond acceptors (Lipinski definition) is 7.